The SMILES string of the molecule is CCC1CN(Cc2ccc(C(F)(F)F)c(F)c2)CCN1C(C)C. The number of hydrogen-bond donors (Lipinski definition) is 0. The molecule has 0 amide bonds. The Hall–Kier alpha value is -1.14. The van der Waals surface area contributed by atoms with Crippen molar-refractivity contribution in [2.45, 2.75) is 52.0 Å². The van der Waals surface area contributed by atoms with E-state index in [0.29, 0.717) is 24.2 Å². The summed E-state index contributed by atoms with van der Waals surface area (Å²) in [6.07, 6.45) is -3.62. The van der Waals surface area contributed by atoms with Crippen molar-refractivity contribution in [3.63, 3.8) is 0 Å². The number of benzene rings is 1. The van der Waals surface area contributed by atoms with Crippen LogP contribution in [0.3, 0.4) is 0 Å². The van der Waals surface area contributed by atoms with E-state index in [1.54, 1.807) is 0 Å². The zero-order valence-electron chi connectivity index (χ0n) is 13.8. The summed E-state index contributed by atoms with van der Waals surface area (Å²) in [5.41, 5.74) is -0.610. The van der Waals surface area contributed by atoms with Crippen molar-refractivity contribution in [1.29, 1.82) is 0 Å². The first-order valence-corrected chi connectivity index (χ1v) is 8.06. The maximum atomic E-state index is 13.7. The van der Waals surface area contributed by atoms with E-state index in [4.69, 9.17) is 0 Å². The lowest BCUT2D eigenvalue weighted by atomic mass is 10.1. The Morgan fingerprint density at radius 3 is 2.43 bits per heavy atom. The van der Waals surface area contributed by atoms with Crippen LogP contribution in [0.1, 0.15) is 38.3 Å². The number of alkyl halides is 3. The van der Waals surface area contributed by atoms with Gasteiger partial charge in [0.05, 0.1) is 5.56 Å². The molecule has 1 heterocycles. The van der Waals surface area contributed by atoms with Gasteiger partial charge in [0.25, 0.3) is 0 Å². The van der Waals surface area contributed by atoms with Crippen LogP contribution in [-0.2, 0) is 12.7 Å². The summed E-state index contributed by atoms with van der Waals surface area (Å²) in [4.78, 5) is 4.64. The molecule has 0 saturated carbocycles. The first-order chi connectivity index (χ1) is 10.7. The summed E-state index contributed by atoms with van der Waals surface area (Å²) in [5, 5.41) is 0. The number of piperazine rings is 1. The fourth-order valence-electron chi connectivity index (χ4n) is 3.27. The molecule has 2 rings (SSSR count). The Balaban J connectivity index is 2.04. The quantitative estimate of drug-likeness (QED) is 0.764. The Kier molecular flexibility index (Phi) is 5.68. The van der Waals surface area contributed by atoms with Crippen molar-refractivity contribution in [1.82, 2.24) is 9.80 Å². The van der Waals surface area contributed by atoms with E-state index < -0.39 is 17.6 Å². The molecule has 1 saturated heterocycles. The lowest BCUT2D eigenvalue weighted by molar-refractivity contribution is -0.140. The van der Waals surface area contributed by atoms with Crippen molar-refractivity contribution >= 4 is 0 Å². The molecule has 1 aliphatic heterocycles. The summed E-state index contributed by atoms with van der Waals surface area (Å²) < 4.78 is 51.5. The Morgan fingerprint density at radius 1 is 1.22 bits per heavy atom. The highest BCUT2D eigenvalue weighted by Gasteiger charge is 2.34. The minimum Gasteiger partial charge on any atom is -0.296 e. The van der Waals surface area contributed by atoms with Gasteiger partial charge in [-0.1, -0.05) is 13.0 Å². The number of hydrogen-bond acceptors (Lipinski definition) is 2. The van der Waals surface area contributed by atoms with Crippen LogP contribution in [-0.4, -0.2) is 41.5 Å². The van der Waals surface area contributed by atoms with E-state index in [1.165, 1.54) is 6.07 Å². The highest BCUT2D eigenvalue weighted by molar-refractivity contribution is 5.26. The average Bonchev–Trinajstić information content (AvgIpc) is 2.45. The van der Waals surface area contributed by atoms with Crippen LogP contribution < -0.4 is 0 Å². The number of halogens is 4. The maximum absolute atomic E-state index is 13.7. The monoisotopic (exact) mass is 332 g/mol. The van der Waals surface area contributed by atoms with Gasteiger partial charge in [0.15, 0.2) is 0 Å². The molecule has 1 fully saturated rings. The van der Waals surface area contributed by atoms with Gasteiger partial charge in [-0.15, -0.1) is 0 Å². The molecule has 1 atom stereocenters. The average molecular weight is 332 g/mol. The summed E-state index contributed by atoms with van der Waals surface area (Å²) in [6, 6.07) is 4.14. The molecule has 0 spiro atoms. The van der Waals surface area contributed by atoms with Crippen molar-refractivity contribution in [2.24, 2.45) is 0 Å². The summed E-state index contributed by atoms with van der Waals surface area (Å²) in [7, 11) is 0. The molecular formula is C17H24F4N2. The van der Waals surface area contributed by atoms with Crippen LogP contribution in [0.4, 0.5) is 17.6 Å². The molecule has 130 valence electrons. The third-order valence-electron chi connectivity index (χ3n) is 4.49. The molecule has 6 heteroatoms. The van der Waals surface area contributed by atoms with Gasteiger partial charge < -0.3 is 0 Å². The van der Waals surface area contributed by atoms with Crippen LogP contribution in [0.5, 0.6) is 0 Å². The van der Waals surface area contributed by atoms with Crippen LogP contribution in [0.15, 0.2) is 18.2 Å². The molecule has 0 N–H and O–H groups in total. The van der Waals surface area contributed by atoms with Gasteiger partial charge in [-0.25, -0.2) is 4.39 Å². The standard InChI is InChI=1S/C17H24F4N2/c1-4-14-11-22(7-8-23(14)12(2)3)10-13-5-6-15(16(18)9-13)17(19,20)21/h5-6,9,12,14H,4,7-8,10-11H2,1-3H3. The predicted molar refractivity (Wildman–Crippen MR) is 82.6 cm³/mol. The molecule has 0 aliphatic carbocycles. The van der Waals surface area contributed by atoms with E-state index in [-0.39, 0.29) is 0 Å². The van der Waals surface area contributed by atoms with Gasteiger partial charge in [-0.05, 0) is 38.0 Å². The first kappa shape index (κ1) is 18.2. The molecule has 1 aromatic carbocycles. The predicted octanol–water partition coefficient (Wildman–Crippen LogP) is 4.15. The zero-order chi connectivity index (χ0) is 17.2. The second-order valence-electron chi connectivity index (χ2n) is 6.44. The second-order valence-corrected chi connectivity index (χ2v) is 6.44. The van der Waals surface area contributed by atoms with E-state index in [9.17, 15) is 17.6 Å². The van der Waals surface area contributed by atoms with E-state index >= 15 is 0 Å². The van der Waals surface area contributed by atoms with Crippen LogP contribution in [0.2, 0.25) is 0 Å². The molecule has 1 unspecified atom stereocenters. The minimum atomic E-state index is -4.64. The largest absolute Gasteiger partial charge is 0.419 e. The smallest absolute Gasteiger partial charge is 0.296 e. The normalized spacial score (nSPS) is 21.1. The molecule has 23 heavy (non-hydrogen) atoms. The van der Waals surface area contributed by atoms with Crippen LogP contribution >= 0.6 is 0 Å². The molecule has 0 radical (unpaired) electrons. The van der Waals surface area contributed by atoms with Crippen LogP contribution in [0.25, 0.3) is 0 Å². The third-order valence-corrected chi connectivity index (χ3v) is 4.49. The highest BCUT2D eigenvalue weighted by Crippen LogP contribution is 2.31. The first-order valence-electron chi connectivity index (χ1n) is 8.06. The Labute approximate surface area is 135 Å². The van der Waals surface area contributed by atoms with Gasteiger partial charge >= 0.3 is 6.18 Å². The Morgan fingerprint density at radius 2 is 1.91 bits per heavy atom. The fraction of sp³-hybridized carbons (Fsp3) is 0.647. The zero-order valence-corrected chi connectivity index (χ0v) is 13.8. The molecule has 1 aromatic rings. The summed E-state index contributed by atoms with van der Waals surface area (Å²) in [6.45, 7) is 9.60. The van der Waals surface area contributed by atoms with Gasteiger partial charge in [0.1, 0.15) is 5.82 Å². The number of rotatable bonds is 4. The number of nitrogens with zero attached hydrogens (tertiary/aromatic N) is 2. The molecule has 1 aliphatic rings. The van der Waals surface area contributed by atoms with Gasteiger partial charge in [-0.3, -0.25) is 9.80 Å². The lowest BCUT2D eigenvalue weighted by Crippen LogP contribution is -2.54. The molecule has 0 bridgehead atoms. The van der Waals surface area contributed by atoms with Gasteiger partial charge in [-0.2, -0.15) is 13.2 Å². The molecule has 2 nitrogen and oxygen atoms in total. The molecular weight excluding hydrogens is 308 g/mol. The van der Waals surface area contributed by atoms with Crippen LogP contribution in [0, 0.1) is 5.82 Å². The van der Waals surface area contributed by atoms with E-state index in [2.05, 4.69) is 30.6 Å². The fourth-order valence-corrected chi connectivity index (χ4v) is 3.27. The molecule has 0 aromatic heterocycles. The third kappa shape index (κ3) is 4.44. The highest BCUT2D eigenvalue weighted by atomic mass is 19.4. The van der Waals surface area contributed by atoms with E-state index in [0.717, 1.165) is 38.2 Å². The minimum absolute atomic E-state index is 0.433. The Bertz CT molecular complexity index is 528. The van der Waals surface area contributed by atoms with Crippen molar-refractivity contribution < 1.29 is 17.6 Å². The summed E-state index contributed by atoms with van der Waals surface area (Å²) >= 11 is 0. The second kappa shape index (κ2) is 7.18. The van der Waals surface area contributed by atoms with Crippen molar-refractivity contribution in [3.8, 4) is 0 Å². The van der Waals surface area contributed by atoms with Gasteiger partial charge in [0.2, 0.25) is 0 Å². The van der Waals surface area contributed by atoms with Crippen molar-refractivity contribution in [3.05, 3.63) is 35.1 Å². The van der Waals surface area contributed by atoms with E-state index in [1.807, 2.05) is 0 Å². The topological polar surface area (TPSA) is 6.48 Å². The van der Waals surface area contributed by atoms with Gasteiger partial charge in [0, 0.05) is 38.3 Å². The summed E-state index contributed by atoms with van der Waals surface area (Å²) in [5.74, 6) is -1.19. The van der Waals surface area contributed by atoms with Crippen molar-refractivity contribution in [2.75, 3.05) is 19.6 Å². The maximum Gasteiger partial charge on any atom is 0.419 e. The lowest BCUT2D eigenvalue weighted by Gasteiger charge is -2.43.